The second kappa shape index (κ2) is 6.61. The summed E-state index contributed by atoms with van der Waals surface area (Å²) in [4.78, 5) is 27.5. The van der Waals surface area contributed by atoms with Crippen molar-refractivity contribution in [2.24, 2.45) is 5.92 Å². The van der Waals surface area contributed by atoms with Gasteiger partial charge in [-0.1, -0.05) is 0 Å². The number of carbonyl (C=O) groups excluding carboxylic acids is 2. The van der Waals surface area contributed by atoms with E-state index in [-0.39, 0.29) is 24.2 Å². The molecule has 1 aliphatic rings. The van der Waals surface area contributed by atoms with E-state index in [2.05, 4.69) is 18.7 Å². The zero-order chi connectivity index (χ0) is 15.4. The Kier molecular flexibility index (Phi) is 4.83. The van der Waals surface area contributed by atoms with E-state index in [9.17, 15) is 9.59 Å². The third-order valence-corrected chi connectivity index (χ3v) is 3.95. The fourth-order valence-electron chi connectivity index (χ4n) is 2.71. The summed E-state index contributed by atoms with van der Waals surface area (Å²) in [7, 11) is 1.36. The van der Waals surface area contributed by atoms with Crippen LogP contribution in [0.2, 0.25) is 0 Å². The smallest absolute Gasteiger partial charge is 0.311 e. The molecule has 0 N–H and O–H groups in total. The maximum Gasteiger partial charge on any atom is 0.311 e. The molecule has 1 aromatic rings. The van der Waals surface area contributed by atoms with Crippen molar-refractivity contribution in [1.82, 2.24) is 0 Å². The first kappa shape index (κ1) is 15.4. The number of rotatable bonds is 5. The van der Waals surface area contributed by atoms with Gasteiger partial charge < -0.3 is 14.5 Å². The molecule has 0 radical (unpaired) electrons. The van der Waals surface area contributed by atoms with Crippen molar-refractivity contribution >= 4 is 23.3 Å². The van der Waals surface area contributed by atoms with Crippen LogP contribution in [0.3, 0.4) is 0 Å². The fraction of sp³-hybridized carbons (Fsp3) is 0.500. The molecular weight excluding hydrogens is 268 g/mol. The molecule has 114 valence electrons. The normalized spacial score (nSPS) is 18.0. The van der Waals surface area contributed by atoms with Gasteiger partial charge in [-0.25, -0.2) is 0 Å². The Morgan fingerprint density at radius 2 is 1.90 bits per heavy atom. The van der Waals surface area contributed by atoms with Gasteiger partial charge in [0.05, 0.1) is 13.0 Å². The van der Waals surface area contributed by atoms with Crippen molar-refractivity contribution in [3.05, 3.63) is 24.3 Å². The minimum absolute atomic E-state index is 0.0269. The van der Waals surface area contributed by atoms with Crippen LogP contribution in [0.25, 0.3) is 0 Å². The van der Waals surface area contributed by atoms with Gasteiger partial charge in [-0.3, -0.25) is 9.59 Å². The number of carbonyl (C=O) groups is 2. The van der Waals surface area contributed by atoms with Gasteiger partial charge >= 0.3 is 5.97 Å². The van der Waals surface area contributed by atoms with E-state index in [1.54, 1.807) is 4.90 Å². The molecule has 1 aliphatic heterocycles. The van der Waals surface area contributed by atoms with Crippen LogP contribution in [0.5, 0.6) is 0 Å². The monoisotopic (exact) mass is 290 g/mol. The number of ether oxygens (including phenoxy) is 1. The van der Waals surface area contributed by atoms with Crippen molar-refractivity contribution in [2.75, 3.05) is 36.5 Å². The molecule has 1 atom stereocenters. The summed E-state index contributed by atoms with van der Waals surface area (Å²) in [6, 6.07) is 7.90. The highest BCUT2D eigenvalue weighted by Gasteiger charge is 2.35. The Balaban J connectivity index is 2.12. The number of anilines is 2. The number of hydrogen-bond acceptors (Lipinski definition) is 4. The Morgan fingerprint density at radius 1 is 1.29 bits per heavy atom. The first-order valence-corrected chi connectivity index (χ1v) is 7.33. The van der Waals surface area contributed by atoms with Crippen LogP contribution >= 0.6 is 0 Å². The Bertz CT molecular complexity index is 509. The quantitative estimate of drug-likeness (QED) is 0.779. The highest BCUT2D eigenvalue weighted by atomic mass is 16.5. The molecule has 0 aromatic heterocycles. The Morgan fingerprint density at radius 3 is 2.43 bits per heavy atom. The fourth-order valence-corrected chi connectivity index (χ4v) is 2.71. The Labute approximate surface area is 125 Å². The molecule has 5 nitrogen and oxygen atoms in total. The van der Waals surface area contributed by atoms with E-state index < -0.39 is 0 Å². The van der Waals surface area contributed by atoms with Crippen LogP contribution in [-0.4, -0.2) is 38.6 Å². The van der Waals surface area contributed by atoms with E-state index in [1.807, 2.05) is 24.3 Å². The third kappa shape index (κ3) is 3.17. The topological polar surface area (TPSA) is 49.9 Å². The van der Waals surface area contributed by atoms with Crippen LogP contribution < -0.4 is 9.80 Å². The molecule has 1 fully saturated rings. The zero-order valence-corrected chi connectivity index (χ0v) is 12.8. The van der Waals surface area contributed by atoms with Crippen LogP contribution in [0, 0.1) is 5.92 Å². The molecule has 1 aromatic carbocycles. The van der Waals surface area contributed by atoms with E-state index >= 15 is 0 Å². The van der Waals surface area contributed by atoms with Crippen molar-refractivity contribution < 1.29 is 14.3 Å². The molecule has 0 bridgehead atoms. The summed E-state index contributed by atoms with van der Waals surface area (Å²) in [5.41, 5.74) is 1.97. The van der Waals surface area contributed by atoms with E-state index in [1.165, 1.54) is 7.11 Å². The molecule has 1 amide bonds. The molecule has 0 aliphatic carbocycles. The van der Waals surface area contributed by atoms with Crippen molar-refractivity contribution in [2.45, 2.75) is 20.3 Å². The maximum atomic E-state index is 12.0. The van der Waals surface area contributed by atoms with Gasteiger partial charge in [0.1, 0.15) is 0 Å². The molecule has 0 saturated carbocycles. The van der Waals surface area contributed by atoms with Crippen molar-refractivity contribution in [3.8, 4) is 0 Å². The lowest BCUT2D eigenvalue weighted by atomic mass is 10.1. The lowest BCUT2D eigenvalue weighted by Gasteiger charge is -2.22. The molecule has 1 heterocycles. The lowest BCUT2D eigenvalue weighted by Crippen LogP contribution is -2.26. The van der Waals surface area contributed by atoms with Crippen LogP contribution in [0.1, 0.15) is 20.3 Å². The van der Waals surface area contributed by atoms with E-state index in [0.717, 1.165) is 24.5 Å². The highest BCUT2D eigenvalue weighted by Crippen LogP contribution is 2.27. The Hall–Kier alpha value is -2.04. The third-order valence-electron chi connectivity index (χ3n) is 3.95. The largest absolute Gasteiger partial charge is 0.469 e. The highest BCUT2D eigenvalue weighted by molar-refractivity contribution is 5.99. The van der Waals surface area contributed by atoms with Crippen LogP contribution in [0.15, 0.2) is 24.3 Å². The molecule has 1 saturated heterocycles. The van der Waals surface area contributed by atoms with E-state index in [0.29, 0.717) is 6.54 Å². The van der Waals surface area contributed by atoms with Crippen LogP contribution in [0.4, 0.5) is 11.4 Å². The number of amides is 1. The van der Waals surface area contributed by atoms with Crippen LogP contribution in [-0.2, 0) is 14.3 Å². The van der Waals surface area contributed by atoms with Gasteiger partial charge in [-0.05, 0) is 38.1 Å². The second-order valence-corrected chi connectivity index (χ2v) is 5.12. The number of methoxy groups -OCH3 is 1. The average Bonchev–Trinajstić information content (AvgIpc) is 2.90. The first-order valence-electron chi connectivity index (χ1n) is 7.33. The molecule has 5 heteroatoms. The van der Waals surface area contributed by atoms with Gasteiger partial charge in [-0.2, -0.15) is 0 Å². The van der Waals surface area contributed by atoms with E-state index in [4.69, 9.17) is 4.74 Å². The first-order chi connectivity index (χ1) is 10.1. The SMILES string of the molecule is CCN(CC)c1ccc(N2CC(C(=O)OC)CC2=O)cc1. The van der Waals surface area contributed by atoms with Gasteiger partial charge in [0.15, 0.2) is 0 Å². The maximum absolute atomic E-state index is 12.0. The number of esters is 1. The molecule has 1 unspecified atom stereocenters. The minimum atomic E-state index is -0.357. The summed E-state index contributed by atoms with van der Waals surface area (Å²) in [6.07, 6.45) is 0.227. The lowest BCUT2D eigenvalue weighted by molar-refractivity contribution is -0.145. The van der Waals surface area contributed by atoms with Gasteiger partial charge in [0.25, 0.3) is 0 Å². The average molecular weight is 290 g/mol. The number of hydrogen-bond donors (Lipinski definition) is 0. The molecular formula is C16H22N2O3. The molecule has 21 heavy (non-hydrogen) atoms. The number of benzene rings is 1. The summed E-state index contributed by atoms with van der Waals surface area (Å²) in [5, 5.41) is 0. The molecule has 2 rings (SSSR count). The van der Waals surface area contributed by atoms with Crippen molar-refractivity contribution in [1.29, 1.82) is 0 Å². The zero-order valence-electron chi connectivity index (χ0n) is 12.8. The second-order valence-electron chi connectivity index (χ2n) is 5.12. The standard InChI is InChI=1S/C16H22N2O3/c1-4-17(5-2)13-6-8-14(9-7-13)18-11-12(10-15(18)19)16(20)21-3/h6-9,12H,4-5,10-11H2,1-3H3. The molecule has 0 spiro atoms. The number of nitrogens with zero attached hydrogens (tertiary/aromatic N) is 2. The van der Waals surface area contributed by atoms with Crippen molar-refractivity contribution in [3.63, 3.8) is 0 Å². The predicted molar refractivity (Wildman–Crippen MR) is 82.5 cm³/mol. The van der Waals surface area contributed by atoms with Gasteiger partial charge in [0, 0.05) is 37.4 Å². The predicted octanol–water partition coefficient (Wildman–Crippen LogP) is 2.06. The summed E-state index contributed by atoms with van der Waals surface area (Å²) < 4.78 is 4.72. The summed E-state index contributed by atoms with van der Waals surface area (Å²) >= 11 is 0. The van der Waals surface area contributed by atoms with Gasteiger partial charge in [0.2, 0.25) is 5.91 Å². The van der Waals surface area contributed by atoms with Gasteiger partial charge in [-0.15, -0.1) is 0 Å². The minimum Gasteiger partial charge on any atom is -0.469 e. The summed E-state index contributed by atoms with van der Waals surface area (Å²) in [5.74, 6) is -0.698. The summed E-state index contributed by atoms with van der Waals surface area (Å²) in [6.45, 7) is 6.52.